The van der Waals surface area contributed by atoms with Crippen LogP contribution in [-0.4, -0.2) is 42.3 Å². The summed E-state index contributed by atoms with van der Waals surface area (Å²) in [5.74, 6) is -1.15. The fraction of sp³-hybridized carbons (Fsp3) is 0.727. The van der Waals surface area contributed by atoms with Crippen molar-refractivity contribution >= 4 is 5.97 Å². The van der Waals surface area contributed by atoms with Crippen LogP contribution in [0.5, 0.6) is 0 Å². The second-order valence-corrected chi connectivity index (χ2v) is 4.52. The zero-order valence-electron chi connectivity index (χ0n) is 9.60. The van der Waals surface area contributed by atoms with E-state index in [1.807, 2.05) is 0 Å². The highest BCUT2D eigenvalue weighted by Gasteiger charge is 2.46. The van der Waals surface area contributed by atoms with Gasteiger partial charge in [-0.3, -0.25) is 0 Å². The van der Waals surface area contributed by atoms with Crippen LogP contribution in [0, 0.1) is 0 Å². The summed E-state index contributed by atoms with van der Waals surface area (Å²) in [6, 6.07) is 0. The van der Waals surface area contributed by atoms with Crippen molar-refractivity contribution in [1.82, 2.24) is 0 Å². The van der Waals surface area contributed by atoms with Crippen LogP contribution in [-0.2, 0) is 19.0 Å². The highest BCUT2D eigenvalue weighted by atomic mass is 16.8. The Bertz CT molecular complexity index is 333. The Labute approximate surface area is 94.0 Å². The van der Waals surface area contributed by atoms with E-state index in [1.54, 1.807) is 19.9 Å². The predicted octanol–water partition coefficient (Wildman–Crippen LogP) is 0.370. The molecule has 0 aromatic carbocycles. The fourth-order valence-corrected chi connectivity index (χ4v) is 2.13. The maximum atomic E-state index is 11.4. The maximum absolute atomic E-state index is 11.4. The quantitative estimate of drug-likeness (QED) is 0.657. The number of aliphatic hydroxyl groups excluding tert-OH is 1. The number of fused-ring (bicyclic) bond motifs is 1. The molecule has 0 saturated carbocycles. The van der Waals surface area contributed by atoms with Crippen LogP contribution in [0.25, 0.3) is 0 Å². The predicted molar refractivity (Wildman–Crippen MR) is 54.5 cm³/mol. The van der Waals surface area contributed by atoms with E-state index in [2.05, 4.69) is 4.74 Å². The largest absolute Gasteiger partial charge is 0.466 e. The first-order valence-corrected chi connectivity index (χ1v) is 5.25. The second-order valence-electron chi connectivity index (χ2n) is 4.52. The second kappa shape index (κ2) is 3.84. The summed E-state index contributed by atoms with van der Waals surface area (Å²) < 4.78 is 15.8. The number of rotatable bonds is 1. The van der Waals surface area contributed by atoms with Gasteiger partial charge >= 0.3 is 5.97 Å². The maximum Gasteiger partial charge on any atom is 0.333 e. The Kier molecular flexibility index (Phi) is 2.77. The minimum absolute atomic E-state index is 0.243. The van der Waals surface area contributed by atoms with E-state index in [0.29, 0.717) is 5.57 Å². The van der Waals surface area contributed by atoms with Gasteiger partial charge in [0.2, 0.25) is 0 Å². The number of aliphatic hydroxyl groups is 1. The first kappa shape index (κ1) is 11.6. The lowest BCUT2D eigenvalue weighted by Gasteiger charge is -2.26. The number of carbonyl (C=O) groups excluding carboxylic acids is 1. The van der Waals surface area contributed by atoms with Gasteiger partial charge in [-0.2, -0.15) is 0 Å². The molecule has 16 heavy (non-hydrogen) atoms. The summed E-state index contributed by atoms with van der Waals surface area (Å²) in [4.78, 5) is 11.4. The van der Waals surface area contributed by atoms with Gasteiger partial charge in [-0.15, -0.1) is 0 Å². The average molecular weight is 228 g/mol. The van der Waals surface area contributed by atoms with Crippen LogP contribution in [0.1, 0.15) is 20.3 Å². The summed E-state index contributed by atoms with van der Waals surface area (Å²) in [5, 5.41) is 9.87. The zero-order chi connectivity index (χ0) is 11.9. The van der Waals surface area contributed by atoms with Crippen molar-refractivity contribution in [2.45, 2.75) is 44.4 Å². The number of methoxy groups -OCH3 is 1. The van der Waals surface area contributed by atoms with Gasteiger partial charge in [0, 0.05) is 12.0 Å². The summed E-state index contributed by atoms with van der Waals surface area (Å²) >= 11 is 0. The topological polar surface area (TPSA) is 65.0 Å². The van der Waals surface area contributed by atoms with Gasteiger partial charge in [0.25, 0.3) is 0 Å². The summed E-state index contributed by atoms with van der Waals surface area (Å²) in [6.07, 6.45) is 0.410. The van der Waals surface area contributed by atoms with E-state index in [4.69, 9.17) is 9.47 Å². The van der Waals surface area contributed by atoms with Crippen LogP contribution >= 0.6 is 0 Å². The molecule has 90 valence electrons. The van der Waals surface area contributed by atoms with Crippen molar-refractivity contribution in [2.75, 3.05) is 7.11 Å². The van der Waals surface area contributed by atoms with Crippen LogP contribution in [0.2, 0.25) is 0 Å². The lowest BCUT2D eigenvalue weighted by atomic mass is 9.92. The molecule has 1 heterocycles. The van der Waals surface area contributed by atoms with Crippen LogP contribution in [0.3, 0.4) is 0 Å². The molecule has 0 aromatic heterocycles. The molecule has 5 heteroatoms. The van der Waals surface area contributed by atoms with Crippen molar-refractivity contribution in [3.63, 3.8) is 0 Å². The van der Waals surface area contributed by atoms with Gasteiger partial charge < -0.3 is 19.3 Å². The number of hydrogen-bond donors (Lipinski definition) is 1. The van der Waals surface area contributed by atoms with Gasteiger partial charge in [0.05, 0.1) is 13.2 Å². The first-order chi connectivity index (χ1) is 7.43. The number of carbonyl (C=O) groups is 1. The number of ether oxygens (including phenoxy) is 3. The van der Waals surface area contributed by atoms with Gasteiger partial charge in [0.1, 0.15) is 12.2 Å². The molecular weight excluding hydrogens is 212 g/mol. The van der Waals surface area contributed by atoms with E-state index < -0.39 is 24.0 Å². The molecule has 0 bridgehead atoms. The molecule has 2 aliphatic rings. The molecule has 0 amide bonds. The zero-order valence-corrected chi connectivity index (χ0v) is 9.60. The van der Waals surface area contributed by atoms with E-state index in [0.717, 1.165) is 0 Å². The molecule has 0 spiro atoms. The van der Waals surface area contributed by atoms with Crippen LogP contribution in [0.4, 0.5) is 0 Å². The molecule has 1 unspecified atom stereocenters. The van der Waals surface area contributed by atoms with Crippen molar-refractivity contribution in [2.24, 2.45) is 0 Å². The number of hydrogen-bond acceptors (Lipinski definition) is 5. The standard InChI is InChI=1S/C11H16O5/c1-11(2)15-8-5-6(10(13)14-3)4-7(12)9(8)16-11/h5,7-9,12H,4H2,1-3H3/t7-,8?,9+/m1/s1. The van der Waals surface area contributed by atoms with Gasteiger partial charge in [-0.1, -0.05) is 0 Å². The smallest absolute Gasteiger partial charge is 0.333 e. The van der Waals surface area contributed by atoms with E-state index >= 15 is 0 Å². The Morgan fingerprint density at radius 1 is 1.56 bits per heavy atom. The molecular formula is C11H16O5. The average Bonchev–Trinajstić information content (AvgIpc) is 2.52. The normalized spacial score (nSPS) is 36.5. The molecule has 5 nitrogen and oxygen atoms in total. The monoisotopic (exact) mass is 228 g/mol. The van der Waals surface area contributed by atoms with Crippen molar-refractivity contribution in [3.05, 3.63) is 11.6 Å². The number of esters is 1. The molecule has 1 aliphatic carbocycles. The first-order valence-electron chi connectivity index (χ1n) is 5.25. The van der Waals surface area contributed by atoms with E-state index in [1.165, 1.54) is 7.11 Å². The van der Waals surface area contributed by atoms with Gasteiger partial charge in [-0.25, -0.2) is 4.79 Å². The summed E-state index contributed by atoms with van der Waals surface area (Å²) in [7, 11) is 1.32. The Morgan fingerprint density at radius 3 is 2.88 bits per heavy atom. The minimum Gasteiger partial charge on any atom is -0.466 e. The summed E-state index contributed by atoms with van der Waals surface area (Å²) in [5.41, 5.74) is 0.442. The molecule has 1 saturated heterocycles. The summed E-state index contributed by atoms with van der Waals surface area (Å²) in [6.45, 7) is 3.56. The fourth-order valence-electron chi connectivity index (χ4n) is 2.13. The lowest BCUT2D eigenvalue weighted by Crippen LogP contribution is -2.39. The van der Waals surface area contributed by atoms with Crippen LogP contribution in [0.15, 0.2) is 11.6 Å². The Hall–Kier alpha value is -0.910. The van der Waals surface area contributed by atoms with Crippen LogP contribution < -0.4 is 0 Å². The third-order valence-corrected chi connectivity index (χ3v) is 2.78. The SMILES string of the molecule is COC(=O)C1=CC2OC(C)(C)O[C@H]2[C@H](O)C1. The van der Waals surface area contributed by atoms with E-state index in [-0.39, 0.29) is 12.5 Å². The third kappa shape index (κ3) is 1.98. The highest BCUT2D eigenvalue weighted by Crippen LogP contribution is 2.36. The molecule has 1 N–H and O–H groups in total. The highest BCUT2D eigenvalue weighted by molar-refractivity contribution is 5.88. The van der Waals surface area contributed by atoms with Crippen molar-refractivity contribution in [3.8, 4) is 0 Å². The molecule has 2 rings (SSSR count). The van der Waals surface area contributed by atoms with E-state index in [9.17, 15) is 9.90 Å². The lowest BCUT2D eigenvalue weighted by molar-refractivity contribution is -0.152. The van der Waals surface area contributed by atoms with Crippen molar-refractivity contribution < 1.29 is 24.1 Å². The van der Waals surface area contributed by atoms with Gasteiger partial charge in [-0.05, 0) is 19.9 Å². The minimum atomic E-state index is -0.731. The molecule has 0 radical (unpaired) electrons. The Morgan fingerprint density at radius 2 is 2.25 bits per heavy atom. The third-order valence-electron chi connectivity index (χ3n) is 2.78. The molecule has 1 fully saturated rings. The molecule has 0 aromatic rings. The van der Waals surface area contributed by atoms with Crippen molar-refractivity contribution in [1.29, 1.82) is 0 Å². The Balaban J connectivity index is 2.21. The molecule has 1 aliphatic heterocycles. The van der Waals surface area contributed by atoms with Gasteiger partial charge in [0.15, 0.2) is 5.79 Å². The molecule has 3 atom stereocenters.